The van der Waals surface area contributed by atoms with Crippen molar-refractivity contribution in [2.24, 2.45) is 0 Å². The number of para-hydroxylation sites is 1. The number of fused-ring (bicyclic) bond motifs is 1. The van der Waals surface area contributed by atoms with Gasteiger partial charge >= 0.3 is 11.9 Å². The molecule has 0 saturated carbocycles. The van der Waals surface area contributed by atoms with E-state index in [1.54, 1.807) is 19.1 Å². The van der Waals surface area contributed by atoms with Gasteiger partial charge in [0.25, 0.3) is 0 Å². The van der Waals surface area contributed by atoms with Crippen LogP contribution in [0.2, 0.25) is 0 Å². The molecule has 5 heteroatoms. The van der Waals surface area contributed by atoms with Gasteiger partial charge in [-0.05, 0) is 35.1 Å². The van der Waals surface area contributed by atoms with Crippen molar-refractivity contribution < 1.29 is 19.1 Å². The quantitative estimate of drug-likeness (QED) is 0.281. The molecule has 4 aromatic rings. The largest absolute Gasteiger partial charge is 0.464 e. The van der Waals surface area contributed by atoms with E-state index in [-0.39, 0.29) is 19.6 Å². The highest BCUT2D eigenvalue weighted by atomic mass is 16.6. The molecule has 1 unspecified atom stereocenters. The third-order valence-electron chi connectivity index (χ3n) is 5.91. The molecule has 0 aliphatic heterocycles. The van der Waals surface area contributed by atoms with Crippen LogP contribution < -0.4 is 0 Å². The van der Waals surface area contributed by atoms with E-state index in [1.165, 1.54) is 0 Å². The molecule has 5 nitrogen and oxygen atoms in total. The lowest BCUT2D eigenvalue weighted by molar-refractivity contribution is -0.166. The summed E-state index contributed by atoms with van der Waals surface area (Å²) in [6, 6.07) is 28.6. The second-order valence-corrected chi connectivity index (χ2v) is 7.95. The van der Waals surface area contributed by atoms with Crippen LogP contribution in [0.25, 0.3) is 10.9 Å². The molecule has 0 amide bonds. The van der Waals surface area contributed by atoms with E-state index in [9.17, 15) is 9.59 Å². The fourth-order valence-corrected chi connectivity index (χ4v) is 4.04. The first kappa shape index (κ1) is 22.3. The van der Waals surface area contributed by atoms with E-state index < -0.39 is 17.4 Å². The molecule has 1 heterocycles. The highest BCUT2D eigenvalue weighted by Gasteiger charge is 2.49. The summed E-state index contributed by atoms with van der Waals surface area (Å²) in [5, 5.41) is 1.04. The molecule has 1 aromatic heterocycles. The molecule has 33 heavy (non-hydrogen) atoms. The fourth-order valence-electron chi connectivity index (χ4n) is 4.04. The first-order valence-corrected chi connectivity index (χ1v) is 11.1. The number of hydrogen-bond donors (Lipinski definition) is 1. The van der Waals surface area contributed by atoms with Gasteiger partial charge in [0.05, 0.1) is 12.3 Å². The van der Waals surface area contributed by atoms with E-state index >= 15 is 0 Å². The first-order chi connectivity index (χ1) is 16.1. The van der Waals surface area contributed by atoms with Gasteiger partial charge in [-0.3, -0.25) is 9.59 Å². The lowest BCUT2D eigenvalue weighted by Gasteiger charge is -2.28. The summed E-state index contributed by atoms with van der Waals surface area (Å²) >= 11 is 0. The fraction of sp³-hybridized carbons (Fsp3) is 0.214. The van der Waals surface area contributed by atoms with Crippen LogP contribution >= 0.6 is 0 Å². The van der Waals surface area contributed by atoms with Crippen molar-refractivity contribution >= 4 is 22.8 Å². The van der Waals surface area contributed by atoms with Crippen molar-refractivity contribution in [3.05, 3.63) is 108 Å². The zero-order valence-corrected chi connectivity index (χ0v) is 18.6. The van der Waals surface area contributed by atoms with E-state index in [0.717, 1.165) is 22.2 Å². The molecular formula is C28H27NO4. The van der Waals surface area contributed by atoms with Crippen molar-refractivity contribution in [1.29, 1.82) is 0 Å². The van der Waals surface area contributed by atoms with Gasteiger partial charge in [0, 0.05) is 11.9 Å². The Balaban J connectivity index is 1.52. The van der Waals surface area contributed by atoms with Gasteiger partial charge < -0.3 is 14.5 Å². The highest BCUT2D eigenvalue weighted by Crippen LogP contribution is 2.32. The Morgan fingerprint density at radius 2 is 1.45 bits per heavy atom. The highest BCUT2D eigenvalue weighted by molar-refractivity contribution is 6.06. The summed E-state index contributed by atoms with van der Waals surface area (Å²) in [7, 11) is 0. The predicted molar refractivity (Wildman–Crippen MR) is 128 cm³/mol. The number of carbonyl (C=O) groups is 2. The van der Waals surface area contributed by atoms with Gasteiger partial charge in [0.1, 0.15) is 6.61 Å². The van der Waals surface area contributed by atoms with Crippen LogP contribution in [0.4, 0.5) is 0 Å². The molecule has 1 atom stereocenters. The van der Waals surface area contributed by atoms with E-state index in [1.807, 2.05) is 78.9 Å². The van der Waals surface area contributed by atoms with Crippen LogP contribution in [0.5, 0.6) is 0 Å². The van der Waals surface area contributed by atoms with E-state index in [0.29, 0.717) is 12.0 Å². The number of aromatic nitrogens is 1. The minimum Gasteiger partial charge on any atom is -0.464 e. The second-order valence-electron chi connectivity index (χ2n) is 7.95. The average Bonchev–Trinajstić information content (AvgIpc) is 3.28. The number of rotatable bonds is 9. The molecular weight excluding hydrogens is 414 g/mol. The molecule has 0 aliphatic rings. The van der Waals surface area contributed by atoms with Crippen LogP contribution in [0, 0.1) is 0 Å². The molecule has 168 valence electrons. The summed E-state index contributed by atoms with van der Waals surface area (Å²) in [5.41, 5.74) is 1.84. The molecule has 1 N–H and O–H groups in total. The Morgan fingerprint density at radius 3 is 2.15 bits per heavy atom. The van der Waals surface area contributed by atoms with Crippen LogP contribution in [0.3, 0.4) is 0 Å². The third kappa shape index (κ3) is 4.82. The standard InChI is InChI=1S/C28H27NO4/c1-2-28(23-14-7-4-8-15-23,26(30)32-18-17-21-11-5-3-6-12-21)27(31)33-20-24-19-22-13-9-10-16-25(22)29-24/h3-16,19,29H,2,17-18,20H2,1H3. The van der Waals surface area contributed by atoms with E-state index in [4.69, 9.17) is 9.47 Å². The van der Waals surface area contributed by atoms with Crippen molar-refractivity contribution in [3.63, 3.8) is 0 Å². The minimum atomic E-state index is -1.52. The van der Waals surface area contributed by atoms with Crippen molar-refractivity contribution in [2.75, 3.05) is 6.61 Å². The summed E-state index contributed by atoms with van der Waals surface area (Å²) in [4.78, 5) is 30.0. The molecule has 0 saturated heterocycles. The number of ether oxygens (including phenoxy) is 2. The van der Waals surface area contributed by atoms with Gasteiger partial charge in [-0.2, -0.15) is 0 Å². The van der Waals surface area contributed by atoms with Crippen molar-refractivity contribution in [1.82, 2.24) is 4.98 Å². The Hall–Kier alpha value is -3.86. The lowest BCUT2D eigenvalue weighted by Crippen LogP contribution is -2.46. The number of hydrogen-bond acceptors (Lipinski definition) is 4. The first-order valence-electron chi connectivity index (χ1n) is 11.1. The van der Waals surface area contributed by atoms with Gasteiger partial charge in [0.15, 0.2) is 5.41 Å². The topological polar surface area (TPSA) is 68.4 Å². The Labute approximate surface area is 193 Å². The number of aromatic amines is 1. The summed E-state index contributed by atoms with van der Waals surface area (Å²) < 4.78 is 11.3. The van der Waals surface area contributed by atoms with Gasteiger partial charge in [-0.15, -0.1) is 0 Å². The normalized spacial score (nSPS) is 12.8. The molecule has 0 radical (unpaired) electrons. The maximum atomic E-state index is 13.4. The number of H-pyrrole nitrogens is 1. The predicted octanol–water partition coefficient (Wildman–Crippen LogP) is 5.35. The van der Waals surface area contributed by atoms with E-state index in [2.05, 4.69) is 4.98 Å². The molecule has 4 rings (SSSR count). The SMILES string of the molecule is CCC(C(=O)OCCc1ccccc1)(C(=O)OCc1cc2ccccc2[nH]1)c1ccccc1. The Kier molecular flexibility index (Phi) is 6.89. The maximum absolute atomic E-state index is 13.4. The van der Waals surface area contributed by atoms with Crippen LogP contribution in [-0.4, -0.2) is 23.5 Å². The summed E-state index contributed by atoms with van der Waals surface area (Å²) in [5.74, 6) is -1.20. The van der Waals surface area contributed by atoms with Gasteiger partial charge in [0.2, 0.25) is 0 Å². The molecule has 0 bridgehead atoms. The van der Waals surface area contributed by atoms with Crippen LogP contribution in [0.15, 0.2) is 91.0 Å². The summed E-state index contributed by atoms with van der Waals surface area (Å²) in [6.45, 7) is 2.03. The molecule has 3 aromatic carbocycles. The average molecular weight is 442 g/mol. The zero-order valence-electron chi connectivity index (χ0n) is 18.6. The smallest absolute Gasteiger partial charge is 0.328 e. The third-order valence-corrected chi connectivity index (χ3v) is 5.91. The molecule has 0 fully saturated rings. The number of esters is 2. The Morgan fingerprint density at radius 1 is 0.818 bits per heavy atom. The van der Waals surface area contributed by atoms with Gasteiger partial charge in [-0.1, -0.05) is 85.8 Å². The van der Waals surface area contributed by atoms with Crippen LogP contribution in [0.1, 0.15) is 30.2 Å². The van der Waals surface area contributed by atoms with Crippen molar-refractivity contribution in [3.8, 4) is 0 Å². The maximum Gasteiger partial charge on any atom is 0.328 e. The summed E-state index contributed by atoms with van der Waals surface area (Å²) in [6.07, 6.45) is 0.804. The van der Waals surface area contributed by atoms with Gasteiger partial charge in [-0.25, -0.2) is 0 Å². The van der Waals surface area contributed by atoms with Crippen molar-refractivity contribution in [2.45, 2.75) is 31.8 Å². The monoisotopic (exact) mass is 441 g/mol. The zero-order chi connectivity index (χ0) is 23.1. The number of nitrogens with one attached hydrogen (secondary N) is 1. The van der Waals surface area contributed by atoms with Crippen LogP contribution in [-0.2, 0) is 37.5 Å². The Bertz CT molecular complexity index is 1180. The minimum absolute atomic E-state index is 0.0411. The number of benzene rings is 3. The second kappa shape index (κ2) is 10.2. The lowest BCUT2D eigenvalue weighted by atomic mass is 9.78. The molecule has 0 spiro atoms. The number of carbonyl (C=O) groups excluding carboxylic acids is 2. The molecule has 0 aliphatic carbocycles.